The molecule has 0 spiro atoms. The molecule has 5 heteroatoms. The Kier molecular flexibility index (Phi) is 5.43. The summed E-state index contributed by atoms with van der Waals surface area (Å²) in [5, 5.41) is 1.36. The first-order chi connectivity index (χ1) is 15.0. The first-order valence-corrected chi connectivity index (χ1v) is 11.7. The van der Waals surface area contributed by atoms with Crippen LogP contribution in [0.25, 0.3) is 16.5 Å². The second-order valence-corrected chi connectivity index (χ2v) is 9.81. The molecular weight excluding hydrogens is 388 g/mol. The number of carbonyl (C=O) groups is 1. The van der Waals surface area contributed by atoms with E-state index in [1.165, 1.54) is 27.6 Å². The molecule has 1 aliphatic heterocycles. The molecule has 5 rings (SSSR count). The minimum absolute atomic E-state index is 0.0294. The molecule has 1 saturated carbocycles. The van der Waals surface area contributed by atoms with Gasteiger partial charge < -0.3 is 14.0 Å². The van der Waals surface area contributed by atoms with Gasteiger partial charge in [-0.05, 0) is 75.8 Å². The Balaban J connectivity index is 1.43. The van der Waals surface area contributed by atoms with Crippen molar-refractivity contribution in [3.63, 3.8) is 0 Å². The first-order valence-electron chi connectivity index (χ1n) is 11.7. The molecule has 0 radical (unpaired) electrons. The molecule has 2 aliphatic carbocycles. The summed E-state index contributed by atoms with van der Waals surface area (Å²) in [6.07, 6.45) is 9.63. The SMILES string of the molecule is CO[C@H]1CC[C@@H](OC(=O)[C@@H]2C=C3c4cccc5c4c(cn5C(C)C)C[C@H]3N(C)C2)CC1. The van der Waals surface area contributed by atoms with Crippen molar-refractivity contribution in [1.29, 1.82) is 0 Å². The van der Waals surface area contributed by atoms with Crippen molar-refractivity contribution >= 4 is 22.4 Å². The van der Waals surface area contributed by atoms with E-state index in [0.29, 0.717) is 18.2 Å². The van der Waals surface area contributed by atoms with Gasteiger partial charge in [-0.3, -0.25) is 9.69 Å². The predicted octanol–water partition coefficient (Wildman–Crippen LogP) is 4.59. The summed E-state index contributed by atoms with van der Waals surface area (Å²) < 4.78 is 13.8. The van der Waals surface area contributed by atoms with Gasteiger partial charge in [-0.15, -0.1) is 0 Å². The van der Waals surface area contributed by atoms with Crippen LogP contribution in [0.4, 0.5) is 0 Å². The maximum atomic E-state index is 13.1. The summed E-state index contributed by atoms with van der Waals surface area (Å²) in [6.45, 7) is 5.19. The van der Waals surface area contributed by atoms with Gasteiger partial charge in [0.25, 0.3) is 0 Å². The van der Waals surface area contributed by atoms with Crippen LogP contribution in [-0.4, -0.2) is 54.4 Å². The Hall–Kier alpha value is -2.11. The summed E-state index contributed by atoms with van der Waals surface area (Å²) in [4.78, 5) is 15.4. The normalized spacial score (nSPS) is 28.5. The molecule has 0 unspecified atom stereocenters. The first kappa shape index (κ1) is 20.8. The molecule has 0 amide bonds. The third-order valence-electron chi connectivity index (χ3n) is 7.51. The molecule has 2 aromatic rings. The van der Waals surface area contributed by atoms with E-state index in [0.717, 1.165) is 38.6 Å². The molecule has 0 saturated heterocycles. The van der Waals surface area contributed by atoms with Crippen molar-refractivity contribution in [1.82, 2.24) is 9.47 Å². The quantitative estimate of drug-likeness (QED) is 0.676. The van der Waals surface area contributed by atoms with E-state index in [4.69, 9.17) is 9.47 Å². The molecule has 2 atom stereocenters. The third-order valence-corrected chi connectivity index (χ3v) is 7.51. The summed E-state index contributed by atoms with van der Waals surface area (Å²) in [5.74, 6) is -0.281. The van der Waals surface area contributed by atoms with Gasteiger partial charge in [0.05, 0.1) is 12.0 Å². The molecule has 31 heavy (non-hydrogen) atoms. The summed E-state index contributed by atoms with van der Waals surface area (Å²) in [6, 6.07) is 7.34. The van der Waals surface area contributed by atoms with E-state index < -0.39 is 0 Å². The van der Waals surface area contributed by atoms with Crippen LogP contribution in [0.15, 0.2) is 30.5 Å². The van der Waals surface area contributed by atoms with Crippen LogP contribution < -0.4 is 0 Å². The highest BCUT2D eigenvalue weighted by atomic mass is 16.5. The van der Waals surface area contributed by atoms with Gasteiger partial charge in [-0.25, -0.2) is 0 Å². The van der Waals surface area contributed by atoms with Gasteiger partial charge in [0.15, 0.2) is 0 Å². The molecule has 5 nitrogen and oxygen atoms in total. The highest BCUT2D eigenvalue weighted by molar-refractivity contribution is 5.99. The number of hydrogen-bond acceptors (Lipinski definition) is 4. The van der Waals surface area contributed by atoms with Crippen LogP contribution in [0.2, 0.25) is 0 Å². The zero-order valence-corrected chi connectivity index (χ0v) is 19.1. The fraction of sp³-hybridized carbons (Fsp3) is 0.577. The number of benzene rings is 1. The largest absolute Gasteiger partial charge is 0.462 e. The van der Waals surface area contributed by atoms with Gasteiger partial charge in [-0.2, -0.15) is 0 Å². The average molecular weight is 423 g/mol. The van der Waals surface area contributed by atoms with E-state index in [9.17, 15) is 4.79 Å². The fourth-order valence-electron chi connectivity index (χ4n) is 5.80. The number of nitrogens with zero attached hydrogens (tertiary/aromatic N) is 2. The van der Waals surface area contributed by atoms with Crippen molar-refractivity contribution in [2.45, 2.75) is 70.2 Å². The van der Waals surface area contributed by atoms with Crippen molar-refractivity contribution in [2.24, 2.45) is 5.92 Å². The summed E-state index contributed by atoms with van der Waals surface area (Å²) in [7, 11) is 3.91. The number of aromatic nitrogens is 1. The third kappa shape index (κ3) is 3.62. The standard InChI is InChI=1S/C26H34N2O3/c1-16(2)28-15-17-13-24-22(21-6-5-7-23(28)25(17)21)12-18(14-27(24)3)26(29)31-20-10-8-19(30-4)9-11-20/h5-7,12,15-16,18-20,24H,8-11,13-14H2,1-4H3/t18-,19-,20+,24-/m1/s1. The van der Waals surface area contributed by atoms with Crippen LogP contribution in [-0.2, 0) is 20.7 Å². The van der Waals surface area contributed by atoms with Crippen LogP contribution in [0.5, 0.6) is 0 Å². The minimum atomic E-state index is -0.208. The molecule has 2 heterocycles. The topological polar surface area (TPSA) is 43.7 Å². The Bertz CT molecular complexity index is 1010. The zero-order chi connectivity index (χ0) is 21.7. The Morgan fingerprint density at radius 1 is 1.13 bits per heavy atom. The smallest absolute Gasteiger partial charge is 0.314 e. The molecule has 3 aliphatic rings. The number of likely N-dealkylation sites (N-methyl/N-ethyl adjacent to an activating group) is 1. The number of fused-ring (bicyclic) bond motifs is 2. The lowest BCUT2D eigenvalue weighted by molar-refractivity contribution is -0.155. The van der Waals surface area contributed by atoms with Crippen molar-refractivity contribution in [2.75, 3.05) is 20.7 Å². The van der Waals surface area contributed by atoms with Crippen molar-refractivity contribution in [3.8, 4) is 0 Å². The van der Waals surface area contributed by atoms with Crippen molar-refractivity contribution in [3.05, 3.63) is 41.6 Å². The highest BCUT2D eigenvalue weighted by Crippen LogP contribution is 2.42. The van der Waals surface area contributed by atoms with Gasteiger partial charge in [0.2, 0.25) is 0 Å². The average Bonchev–Trinajstić information content (AvgIpc) is 3.15. The Morgan fingerprint density at radius 2 is 1.87 bits per heavy atom. The number of methoxy groups -OCH3 is 1. The Labute approximate surface area is 185 Å². The second kappa shape index (κ2) is 8.10. The molecule has 0 N–H and O–H groups in total. The molecule has 1 fully saturated rings. The maximum Gasteiger partial charge on any atom is 0.314 e. The molecule has 1 aromatic carbocycles. The van der Waals surface area contributed by atoms with Gasteiger partial charge in [-0.1, -0.05) is 18.2 Å². The van der Waals surface area contributed by atoms with Crippen LogP contribution >= 0.6 is 0 Å². The fourth-order valence-corrected chi connectivity index (χ4v) is 5.80. The van der Waals surface area contributed by atoms with Crippen LogP contribution in [0.1, 0.15) is 56.7 Å². The van der Waals surface area contributed by atoms with E-state index in [1.54, 1.807) is 7.11 Å². The maximum absolute atomic E-state index is 13.1. The number of rotatable bonds is 4. The highest BCUT2D eigenvalue weighted by Gasteiger charge is 2.37. The predicted molar refractivity (Wildman–Crippen MR) is 123 cm³/mol. The minimum Gasteiger partial charge on any atom is -0.462 e. The molecule has 1 aromatic heterocycles. The van der Waals surface area contributed by atoms with Crippen molar-refractivity contribution < 1.29 is 14.3 Å². The van der Waals surface area contributed by atoms with E-state index in [1.807, 2.05) is 0 Å². The summed E-state index contributed by atoms with van der Waals surface area (Å²) >= 11 is 0. The zero-order valence-electron chi connectivity index (χ0n) is 19.1. The Morgan fingerprint density at radius 3 is 2.58 bits per heavy atom. The summed E-state index contributed by atoms with van der Waals surface area (Å²) in [5.41, 5.74) is 5.29. The lowest BCUT2D eigenvalue weighted by atomic mass is 9.80. The molecule has 0 bridgehead atoms. The number of esters is 1. The van der Waals surface area contributed by atoms with Gasteiger partial charge >= 0.3 is 5.97 Å². The molecule has 166 valence electrons. The second-order valence-electron chi connectivity index (χ2n) is 9.81. The van der Waals surface area contributed by atoms with Crippen LogP contribution in [0.3, 0.4) is 0 Å². The molecular formula is C26H34N2O3. The van der Waals surface area contributed by atoms with Gasteiger partial charge in [0, 0.05) is 42.8 Å². The van der Waals surface area contributed by atoms with E-state index in [2.05, 4.69) is 60.8 Å². The number of ether oxygens (including phenoxy) is 2. The lowest BCUT2D eigenvalue weighted by Gasteiger charge is -2.39. The van der Waals surface area contributed by atoms with Gasteiger partial charge in [0.1, 0.15) is 6.10 Å². The van der Waals surface area contributed by atoms with Crippen LogP contribution in [0, 0.1) is 5.92 Å². The van der Waals surface area contributed by atoms with E-state index in [-0.39, 0.29) is 18.0 Å². The number of carbonyl (C=O) groups excluding carboxylic acids is 1. The monoisotopic (exact) mass is 422 g/mol. The van der Waals surface area contributed by atoms with E-state index >= 15 is 0 Å². The lowest BCUT2D eigenvalue weighted by Crippen LogP contribution is -2.45. The number of hydrogen-bond donors (Lipinski definition) is 0.